The second-order valence-electron chi connectivity index (χ2n) is 7.29. The van der Waals surface area contributed by atoms with Gasteiger partial charge in [-0.05, 0) is 56.0 Å². The summed E-state index contributed by atoms with van der Waals surface area (Å²) >= 11 is 0. The lowest BCUT2D eigenvalue weighted by molar-refractivity contribution is -0.0864. The van der Waals surface area contributed by atoms with Crippen LogP contribution in [-0.2, 0) is 11.3 Å². The molecule has 0 aromatic carbocycles. The number of pyridine rings is 1. The van der Waals surface area contributed by atoms with E-state index in [-0.39, 0.29) is 0 Å². The van der Waals surface area contributed by atoms with Crippen LogP contribution in [-0.4, -0.2) is 42.8 Å². The van der Waals surface area contributed by atoms with Crippen LogP contribution in [0.5, 0.6) is 5.75 Å². The van der Waals surface area contributed by atoms with E-state index in [1.165, 1.54) is 18.4 Å². The number of rotatable bonds is 5. The molecule has 4 rings (SSSR count). The van der Waals surface area contributed by atoms with E-state index in [0.29, 0.717) is 17.9 Å². The second kappa shape index (κ2) is 7.58. The van der Waals surface area contributed by atoms with Gasteiger partial charge in [0.05, 0.1) is 31.9 Å². The van der Waals surface area contributed by atoms with Gasteiger partial charge in [0.2, 0.25) is 0 Å². The minimum atomic E-state index is 0.355. The highest BCUT2D eigenvalue weighted by Gasteiger charge is 2.43. The number of furan rings is 1. The van der Waals surface area contributed by atoms with E-state index in [1.807, 2.05) is 18.4 Å². The molecule has 2 aliphatic heterocycles. The van der Waals surface area contributed by atoms with Gasteiger partial charge in [-0.2, -0.15) is 0 Å². The molecule has 2 fully saturated rings. The average molecular weight is 342 g/mol. The standard InChI is InChI=1S/C20H26N2O3/c1-2-19(12-21-7-1)25-16-18-15-24-11-6-20(18)4-8-22(9-5-20)13-17-3-10-23-14-17/h1-3,7,10,12,14,18H,4-6,8-9,11,13,15-16H2/t18-/m0/s1. The molecular weight excluding hydrogens is 316 g/mol. The molecular formula is C20H26N2O3. The van der Waals surface area contributed by atoms with Crippen LogP contribution in [0.1, 0.15) is 24.8 Å². The first-order valence-electron chi connectivity index (χ1n) is 9.18. The zero-order valence-electron chi connectivity index (χ0n) is 14.6. The van der Waals surface area contributed by atoms with Gasteiger partial charge in [-0.15, -0.1) is 0 Å². The summed E-state index contributed by atoms with van der Waals surface area (Å²) in [6.45, 7) is 5.66. The van der Waals surface area contributed by atoms with E-state index in [2.05, 4.69) is 16.0 Å². The van der Waals surface area contributed by atoms with E-state index >= 15 is 0 Å². The Hall–Kier alpha value is -1.85. The van der Waals surface area contributed by atoms with Crippen LogP contribution >= 0.6 is 0 Å². The summed E-state index contributed by atoms with van der Waals surface area (Å²) in [5.41, 5.74) is 1.62. The molecule has 25 heavy (non-hydrogen) atoms. The highest BCUT2D eigenvalue weighted by molar-refractivity contribution is 5.15. The average Bonchev–Trinajstić information content (AvgIpc) is 3.17. The van der Waals surface area contributed by atoms with Crippen molar-refractivity contribution in [2.24, 2.45) is 11.3 Å². The third-order valence-corrected chi connectivity index (χ3v) is 5.85. The number of piperidine rings is 1. The normalized spacial score (nSPS) is 23.6. The Kier molecular flexibility index (Phi) is 5.04. The maximum absolute atomic E-state index is 6.02. The van der Waals surface area contributed by atoms with E-state index in [9.17, 15) is 0 Å². The summed E-state index contributed by atoms with van der Waals surface area (Å²) in [4.78, 5) is 6.66. The van der Waals surface area contributed by atoms with Gasteiger partial charge in [0.25, 0.3) is 0 Å². The van der Waals surface area contributed by atoms with Gasteiger partial charge >= 0.3 is 0 Å². The molecule has 2 aromatic rings. The topological polar surface area (TPSA) is 47.7 Å². The molecule has 1 atom stereocenters. The third-order valence-electron chi connectivity index (χ3n) is 5.85. The van der Waals surface area contributed by atoms with Crippen LogP contribution in [0.2, 0.25) is 0 Å². The molecule has 0 radical (unpaired) electrons. The van der Waals surface area contributed by atoms with Gasteiger partial charge in [0.1, 0.15) is 5.75 Å². The van der Waals surface area contributed by atoms with Gasteiger partial charge in [0.15, 0.2) is 0 Å². The van der Waals surface area contributed by atoms with Crippen LogP contribution in [0.3, 0.4) is 0 Å². The zero-order chi connectivity index (χ0) is 17.0. The van der Waals surface area contributed by atoms with Crippen molar-refractivity contribution in [3.05, 3.63) is 48.7 Å². The first-order chi connectivity index (χ1) is 12.3. The molecule has 5 heteroatoms. The smallest absolute Gasteiger partial charge is 0.137 e. The van der Waals surface area contributed by atoms with E-state index in [4.69, 9.17) is 13.9 Å². The van der Waals surface area contributed by atoms with E-state index in [0.717, 1.165) is 45.0 Å². The lowest BCUT2D eigenvalue weighted by Gasteiger charge is -2.48. The molecule has 0 saturated carbocycles. The summed E-state index contributed by atoms with van der Waals surface area (Å²) in [5, 5.41) is 0. The molecule has 5 nitrogen and oxygen atoms in total. The number of nitrogens with zero attached hydrogens (tertiary/aromatic N) is 2. The van der Waals surface area contributed by atoms with Gasteiger partial charge < -0.3 is 13.9 Å². The van der Waals surface area contributed by atoms with Crippen molar-refractivity contribution in [2.75, 3.05) is 32.9 Å². The summed E-state index contributed by atoms with van der Waals surface area (Å²) < 4.78 is 17.0. The molecule has 0 amide bonds. The molecule has 4 heterocycles. The highest BCUT2D eigenvalue weighted by Crippen LogP contribution is 2.45. The van der Waals surface area contributed by atoms with Crippen LogP contribution in [0.15, 0.2) is 47.5 Å². The largest absolute Gasteiger partial charge is 0.492 e. The van der Waals surface area contributed by atoms with Crippen LogP contribution in [0.25, 0.3) is 0 Å². The minimum absolute atomic E-state index is 0.355. The fourth-order valence-corrected chi connectivity index (χ4v) is 4.19. The molecule has 134 valence electrons. The zero-order valence-corrected chi connectivity index (χ0v) is 14.6. The first kappa shape index (κ1) is 16.6. The van der Waals surface area contributed by atoms with Crippen molar-refractivity contribution >= 4 is 0 Å². The molecule has 2 aliphatic rings. The predicted octanol–water partition coefficient (Wildman–Crippen LogP) is 3.37. The molecule has 0 aliphatic carbocycles. The van der Waals surface area contributed by atoms with Crippen molar-refractivity contribution in [1.82, 2.24) is 9.88 Å². The molecule has 0 bridgehead atoms. The summed E-state index contributed by atoms with van der Waals surface area (Å²) in [5.74, 6) is 1.30. The van der Waals surface area contributed by atoms with Gasteiger partial charge in [-0.3, -0.25) is 9.88 Å². The monoisotopic (exact) mass is 342 g/mol. The Morgan fingerprint density at radius 1 is 1.24 bits per heavy atom. The maximum Gasteiger partial charge on any atom is 0.137 e. The van der Waals surface area contributed by atoms with Crippen LogP contribution < -0.4 is 4.74 Å². The van der Waals surface area contributed by atoms with E-state index in [1.54, 1.807) is 18.7 Å². The fourth-order valence-electron chi connectivity index (χ4n) is 4.19. The Balaban J connectivity index is 1.35. The quantitative estimate of drug-likeness (QED) is 0.834. The molecule has 1 spiro atoms. The number of likely N-dealkylation sites (tertiary alicyclic amines) is 1. The number of hydrogen-bond donors (Lipinski definition) is 0. The van der Waals surface area contributed by atoms with Crippen molar-refractivity contribution in [1.29, 1.82) is 0 Å². The first-order valence-corrected chi connectivity index (χ1v) is 9.18. The van der Waals surface area contributed by atoms with Crippen molar-refractivity contribution in [2.45, 2.75) is 25.8 Å². The lowest BCUT2D eigenvalue weighted by atomic mass is 9.66. The van der Waals surface area contributed by atoms with Crippen molar-refractivity contribution < 1.29 is 13.9 Å². The van der Waals surface area contributed by atoms with Gasteiger partial charge in [0, 0.05) is 30.8 Å². The van der Waals surface area contributed by atoms with Crippen LogP contribution in [0, 0.1) is 11.3 Å². The minimum Gasteiger partial charge on any atom is -0.492 e. The summed E-state index contributed by atoms with van der Waals surface area (Å²) in [6.07, 6.45) is 10.7. The molecule has 2 aromatic heterocycles. The Labute approximate surface area is 148 Å². The highest BCUT2D eigenvalue weighted by atomic mass is 16.5. The molecule has 2 saturated heterocycles. The maximum atomic E-state index is 6.02. The number of ether oxygens (including phenoxy) is 2. The van der Waals surface area contributed by atoms with Gasteiger partial charge in [-0.1, -0.05) is 0 Å². The Morgan fingerprint density at radius 3 is 2.92 bits per heavy atom. The van der Waals surface area contributed by atoms with Crippen molar-refractivity contribution in [3.8, 4) is 5.75 Å². The predicted molar refractivity (Wildman–Crippen MR) is 94.3 cm³/mol. The second-order valence-corrected chi connectivity index (χ2v) is 7.29. The number of hydrogen-bond acceptors (Lipinski definition) is 5. The summed E-state index contributed by atoms with van der Waals surface area (Å²) in [7, 11) is 0. The fraction of sp³-hybridized carbons (Fsp3) is 0.550. The third kappa shape index (κ3) is 3.88. The Bertz CT molecular complexity index is 636. The lowest BCUT2D eigenvalue weighted by Crippen LogP contribution is -2.49. The molecule has 0 N–H and O–H groups in total. The summed E-state index contributed by atoms with van der Waals surface area (Å²) in [6, 6.07) is 5.94. The SMILES string of the molecule is c1cncc(OC[C@@H]2COCCC23CCN(Cc2ccoc2)CC3)c1. The molecule has 0 unspecified atom stereocenters. The van der Waals surface area contributed by atoms with Crippen LogP contribution in [0.4, 0.5) is 0 Å². The number of aromatic nitrogens is 1. The van der Waals surface area contributed by atoms with Gasteiger partial charge in [-0.25, -0.2) is 0 Å². The Morgan fingerprint density at radius 2 is 2.16 bits per heavy atom. The van der Waals surface area contributed by atoms with E-state index < -0.39 is 0 Å². The van der Waals surface area contributed by atoms with Crippen molar-refractivity contribution in [3.63, 3.8) is 0 Å².